The summed E-state index contributed by atoms with van der Waals surface area (Å²) >= 11 is 0. The van der Waals surface area contributed by atoms with Crippen LogP contribution in [0.5, 0.6) is 0 Å². The van der Waals surface area contributed by atoms with Crippen molar-refractivity contribution in [2.45, 2.75) is 77.4 Å². The maximum atomic E-state index is 5.01. The Hall–Kier alpha value is -1.63. The van der Waals surface area contributed by atoms with Gasteiger partial charge in [-0.1, -0.05) is 24.4 Å². The molecule has 3 rings (SSSR count). The quantitative estimate of drug-likeness (QED) is 0.627. The van der Waals surface area contributed by atoms with Crippen molar-refractivity contribution in [3.05, 3.63) is 11.7 Å². The fraction of sp³-hybridized carbons (Fsp3) is 0.833. The zero-order valence-corrected chi connectivity index (χ0v) is 15.6. The number of guanidine groups is 1. The average molecular weight is 348 g/mol. The molecule has 1 aromatic rings. The van der Waals surface area contributed by atoms with Gasteiger partial charge in [0, 0.05) is 32.1 Å². The van der Waals surface area contributed by atoms with Crippen molar-refractivity contribution in [3.63, 3.8) is 0 Å². The molecule has 2 heterocycles. The number of rotatable bonds is 5. The van der Waals surface area contributed by atoms with Crippen LogP contribution in [0.3, 0.4) is 0 Å². The molecule has 2 aliphatic rings. The Labute approximate surface area is 150 Å². The van der Waals surface area contributed by atoms with Crippen LogP contribution in [-0.2, 0) is 6.54 Å². The van der Waals surface area contributed by atoms with Crippen LogP contribution >= 0.6 is 0 Å². The van der Waals surface area contributed by atoms with E-state index in [0.717, 1.165) is 25.1 Å². The van der Waals surface area contributed by atoms with Gasteiger partial charge in [0.05, 0.1) is 0 Å². The van der Waals surface area contributed by atoms with Crippen molar-refractivity contribution in [2.75, 3.05) is 19.6 Å². The average Bonchev–Trinajstić information content (AvgIpc) is 3.06. The Bertz CT molecular complexity index is 552. The number of hydrogen-bond donors (Lipinski definition) is 2. The molecular weight excluding hydrogens is 316 g/mol. The van der Waals surface area contributed by atoms with E-state index in [-0.39, 0.29) is 0 Å². The number of nitrogens with zero attached hydrogens (tertiary/aromatic N) is 4. The first-order valence-electron chi connectivity index (χ1n) is 9.82. The molecule has 7 heteroatoms. The lowest BCUT2D eigenvalue weighted by Gasteiger charge is -2.40. The minimum absolute atomic E-state index is 0.436. The molecule has 0 radical (unpaired) electrons. The molecule has 0 unspecified atom stereocenters. The molecule has 140 valence electrons. The van der Waals surface area contributed by atoms with E-state index in [1.165, 1.54) is 51.5 Å². The molecule has 1 aliphatic heterocycles. The molecule has 2 N–H and O–H groups in total. The normalized spacial score (nSPS) is 23.6. The van der Waals surface area contributed by atoms with Crippen LogP contribution in [0.15, 0.2) is 9.52 Å². The van der Waals surface area contributed by atoms with E-state index in [9.17, 15) is 0 Å². The maximum Gasteiger partial charge on any atom is 0.223 e. The van der Waals surface area contributed by atoms with E-state index in [1.54, 1.807) is 6.92 Å². The third kappa shape index (κ3) is 5.42. The van der Waals surface area contributed by atoms with Crippen LogP contribution in [-0.4, -0.2) is 52.7 Å². The molecule has 7 nitrogen and oxygen atoms in total. The summed E-state index contributed by atoms with van der Waals surface area (Å²) in [6.07, 6.45) is 9.42. The first kappa shape index (κ1) is 18.2. The number of likely N-dealkylation sites (tertiary alicyclic amines) is 1. The van der Waals surface area contributed by atoms with Crippen LogP contribution < -0.4 is 10.6 Å². The molecule has 1 aliphatic carbocycles. The minimum Gasteiger partial charge on any atom is -0.357 e. The third-order valence-electron chi connectivity index (χ3n) is 5.18. The topological polar surface area (TPSA) is 78.6 Å². The zero-order chi connectivity index (χ0) is 17.5. The summed E-state index contributed by atoms with van der Waals surface area (Å²) in [4.78, 5) is 11.5. The molecule has 1 saturated carbocycles. The monoisotopic (exact) mass is 348 g/mol. The number of aryl methyl sites for hydroxylation is 1. The van der Waals surface area contributed by atoms with Gasteiger partial charge in [0.1, 0.15) is 6.54 Å². The van der Waals surface area contributed by atoms with Crippen LogP contribution in [0.2, 0.25) is 0 Å². The summed E-state index contributed by atoms with van der Waals surface area (Å²) in [6, 6.07) is 1.25. The molecule has 25 heavy (non-hydrogen) atoms. The van der Waals surface area contributed by atoms with Crippen LogP contribution in [0.1, 0.15) is 63.6 Å². The lowest BCUT2D eigenvalue weighted by molar-refractivity contribution is 0.115. The summed E-state index contributed by atoms with van der Waals surface area (Å²) in [6.45, 7) is 7.54. The Morgan fingerprint density at radius 3 is 2.80 bits per heavy atom. The molecular formula is C18H32N6O. The second kappa shape index (κ2) is 9.17. The Morgan fingerprint density at radius 2 is 2.08 bits per heavy atom. The van der Waals surface area contributed by atoms with E-state index in [4.69, 9.17) is 4.52 Å². The van der Waals surface area contributed by atoms with Crippen LogP contribution in [0.25, 0.3) is 0 Å². The van der Waals surface area contributed by atoms with Crippen LogP contribution in [0.4, 0.5) is 0 Å². The van der Waals surface area contributed by atoms with Crippen LogP contribution in [0, 0.1) is 6.92 Å². The van der Waals surface area contributed by atoms with Gasteiger partial charge in [-0.25, -0.2) is 4.99 Å². The van der Waals surface area contributed by atoms with Gasteiger partial charge in [-0.2, -0.15) is 4.98 Å². The smallest absolute Gasteiger partial charge is 0.223 e. The van der Waals surface area contributed by atoms with Crippen molar-refractivity contribution >= 4 is 5.96 Å². The van der Waals surface area contributed by atoms with Crippen molar-refractivity contribution < 1.29 is 4.52 Å². The summed E-state index contributed by atoms with van der Waals surface area (Å²) in [5.74, 6) is 2.06. The highest BCUT2D eigenvalue weighted by molar-refractivity contribution is 5.80. The minimum atomic E-state index is 0.436. The van der Waals surface area contributed by atoms with E-state index >= 15 is 0 Å². The van der Waals surface area contributed by atoms with Gasteiger partial charge in [-0.3, -0.25) is 4.90 Å². The summed E-state index contributed by atoms with van der Waals surface area (Å²) in [7, 11) is 0. The van der Waals surface area contributed by atoms with E-state index < -0.39 is 0 Å². The number of nitrogens with one attached hydrogen (secondary N) is 2. The predicted molar refractivity (Wildman–Crippen MR) is 98.5 cm³/mol. The SMILES string of the molecule is CCNC(=NCc1noc(C)n1)N[C@@H]1CCCN(C2CCCCC2)C1. The fourth-order valence-electron chi connectivity index (χ4n) is 3.97. The second-order valence-electron chi connectivity index (χ2n) is 7.20. The van der Waals surface area contributed by atoms with Gasteiger partial charge in [-0.15, -0.1) is 0 Å². The highest BCUT2D eigenvalue weighted by Gasteiger charge is 2.27. The van der Waals surface area contributed by atoms with Gasteiger partial charge >= 0.3 is 0 Å². The Kier molecular flexibility index (Phi) is 6.67. The lowest BCUT2D eigenvalue weighted by atomic mass is 9.92. The predicted octanol–water partition coefficient (Wildman–Crippen LogP) is 2.23. The van der Waals surface area contributed by atoms with E-state index in [1.807, 2.05) is 0 Å². The standard InChI is InChI=1S/C18H32N6O/c1-3-19-18(20-12-17-21-14(2)25-23-17)22-15-8-7-11-24(13-15)16-9-5-4-6-10-16/h15-16H,3-13H2,1-2H3,(H2,19,20,22)/t15-/m1/s1. The molecule has 0 bridgehead atoms. The van der Waals surface area contributed by atoms with Crippen molar-refractivity contribution in [1.82, 2.24) is 25.7 Å². The molecule has 1 aromatic heterocycles. The second-order valence-corrected chi connectivity index (χ2v) is 7.20. The highest BCUT2D eigenvalue weighted by Crippen LogP contribution is 2.25. The van der Waals surface area contributed by atoms with Gasteiger partial charge in [0.25, 0.3) is 0 Å². The van der Waals surface area contributed by atoms with Gasteiger partial charge in [0.15, 0.2) is 11.8 Å². The zero-order valence-electron chi connectivity index (χ0n) is 15.6. The maximum absolute atomic E-state index is 5.01. The summed E-state index contributed by atoms with van der Waals surface area (Å²) in [5, 5.41) is 10.9. The summed E-state index contributed by atoms with van der Waals surface area (Å²) < 4.78 is 5.01. The number of hydrogen-bond acceptors (Lipinski definition) is 5. The summed E-state index contributed by atoms with van der Waals surface area (Å²) in [5.41, 5.74) is 0. The number of piperidine rings is 1. The Balaban J connectivity index is 1.55. The molecule has 1 atom stereocenters. The molecule has 0 aromatic carbocycles. The van der Waals surface area contributed by atoms with Gasteiger partial charge in [-0.05, 0) is 39.2 Å². The van der Waals surface area contributed by atoms with Crippen molar-refractivity contribution in [1.29, 1.82) is 0 Å². The third-order valence-corrected chi connectivity index (χ3v) is 5.18. The van der Waals surface area contributed by atoms with Gasteiger partial charge in [0.2, 0.25) is 5.89 Å². The largest absolute Gasteiger partial charge is 0.357 e. The van der Waals surface area contributed by atoms with Crippen molar-refractivity contribution in [2.24, 2.45) is 4.99 Å². The highest BCUT2D eigenvalue weighted by atomic mass is 16.5. The van der Waals surface area contributed by atoms with E-state index in [0.29, 0.717) is 24.3 Å². The molecule has 2 fully saturated rings. The molecule has 1 saturated heterocycles. The first-order valence-corrected chi connectivity index (χ1v) is 9.82. The number of aliphatic imine (C=N–C) groups is 1. The molecule has 0 spiro atoms. The Morgan fingerprint density at radius 1 is 1.24 bits per heavy atom. The fourth-order valence-corrected chi connectivity index (χ4v) is 3.97. The van der Waals surface area contributed by atoms with E-state index in [2.05, 4.69) is 37.6 Å². The first-order chi connectivity index (χ1) is 12.2. The van der Waals surface area contributed by atoms with Gasteiger partial charge < -0.3 is 15.2 Å². The van der Waals surface area contributed by atoms with Crippen molar-refractivity contribution in [3.8, 4) is 0 Å². The number of aromatic nitrogens is 2. The lowest BCUT2D eigenvalue weighted by Crippen LogP contribution is -2.53. The molecule has 0 amide bonds.